The van der Waals surface area contributed by atoms with E-state index < -0.39 is 0 Å². The maximum Gasteiger partial charge on any atom is 0.175 e. The summed E-state index contributed by atoms with van der Waals surface area (Å²) in [7, 11) is 1.61. The third kappa shape index (κ3) is 1.86. The Balaban J connectivity index is 2.76. The van der Waals surface area contributed by atoms with Crippen molar-refractivity contribution in [3.63, 3.8) is 0 Å². The van der Waals surface area contributed by atoms with Gasteiger partial charge in [0, 0.05) is 7.11 Å². The second-order valence-electron chi connectivity index (χ2n) is 2.03. The first kappa shape index (κ1) is 7.90. The van der Waals surface area contributed by atoms with E-state index >= 15 is 0 Å². The minimum atomic E-state index is -0.227. The Morgan fingerprint density at radius 3 is 2.91 bits per heavy atom. The summed E-state index contributed by atoms with van der Waals surface area (Å²) in [6, 6.07) is 3.66. The Labute approximate surface area is 66.2 Å². The first-order valence-corrected chi connectivity index (χ1v) is 3.37. The summed E-state index contributed by atoms with van der Waals surface area (Å²) >= 11 is 0. The molecule has 2 heteroatoms. The molecule has 0 radical (unpaired) electrons. The van der Waals surface area contributed by atoms with Crippen LogP contribution in [0.2, 0.25) is 0 Å². The molecule has 0 fully saturated rings. The van der Waals surface area contributed by atoms with Gasteiger partial charge in [-0.3, -0.25) is 0 Å². The Bertz CT molecular complexity index is 251. The van der Waals surface area contributed by atoms with Gasteiger partial charge in [0.05, 0.1) is 6.26 Å². The minimum Gasteiger partial charge on any atom is -0.465 e. The predicted molar refractivity (Wildman–Crippen MR) is 41.9 cm³/mol. The molecule has 0 spiro atoms. The number of hydrogen-bond donors (Lipinski definition) is 0. The summed E-state index contributed by atoms with van der Waals surface area (Å²) < 4.78 is 10.2. The van der Waals surface area contributed by atoms with E-state index in [1.165, 1.54) is 0 Å². The summed E-state index contributed by atoms with van der Waals surface area (Å²) in [4.78, 5) is 0. The molecule has 1 unspecified atom stereocenters. The molecule has 0 saturated heterocycles. The van der Waals surface area contributed by atoms with E-state index in [2.05, 4.69) is 11.8 Å². The van der Waals surface area contributed by atoms with Crippen LogP contribution in [0.15, 0.2) is 22.8 Å². The van der Waals surface area contributed by atoms with Gasteiger partial charge in [-0.1, -0.05) is 5.92 Å². The van der Waals surface area contributed by atoms with Crippen LogP contribution in [0.3, 0.4) is 0 Å². The fraction of sp³-hybridized carbons (Fsp3) is 0.333. The van der Waals surface area contributed by atoms with Crippen molar-refractivity contribution in [3.8, 4) is 11.8 Å². The molecule has 0 aliphatic carbocycles. The van der Waals surface area contributed by atoms with Gasteiger partial charge in [-0.15, -0.1) is 5.92 Å². The molecule has 0 aromatic carbocycles. The number of rotatable bonds is 2. The molecule has 0 aliphatic heterocycles. The van der Waals surface area contributed by atoms with Crippen LogP contribution in [0.5, 0.6) is 0 Å². The van der Waals surface area contributed by atoms with Crippen LogP contribution in [0.4, 0.5) is 0 Å². The molecule has 0 saturated carbocycles. The predicted octanol–water partition coefficient (Wildman–Crippen LogP) is 1.99. The molecule has 1 aromatic rings. The molecule has 1 atom stereocenters. The van der Waals surface area contributed by atoms with Crippen molar-refractivity contribution in [2.24, 2.45) is 0 Å². The first-order valence-electron chi connectivity index (χ1n) is 3.37. The van der Waals surface area contributed by atoms with Crippen LogP contribution < -0.4 is 0 Å². The van der Waals surface area contributed by atoms with Crippen molar-refractivity contribution in [3.05, 3.63) is 24.2 Å². The quantitative estimate of drug-likeness (QED) is 0.601. The topological polar surface area (TPSA) is 22.4 Å². The van der Waals surface area contributed by atoms with Gasteiger partial charge in [-0.05, 0) is 19.1 Å². The van der Waals surface area contributed by atoms with E-state index in [9.17, 15) is 0 Å². The Kier molecular flexibility index (Phi) is 2.76. The summed E-state index contributed by atoms with van der Waals surface area (Å²) in [6.45, 7) is 1.77. The fourth-order valence-corrected chi connectivity index (χ4v) is 0.818. The van der Waals surface area contributed by atoms with Gasteiger partial charge in [-0.25, -0.2) is 0 Å². The van der Waals surface area contributed by atoms with Gasteiger partial charge < -0.3 is 9.15 Å². The van der Waals surface area contributed by atoms with Crippen molar-refractivity contribution < 1.29 is 9.15 Å². The van der Waals surface area contributed by atoms with E-state index in [0.717, 1.165) is 5.76 Å². The van der Waals surface area contributed by atoms with Crippen LogP contribution in [0.25, 0.3) is 0 Å². The highest BCUT2D eigenvalue weighted by molar-refractivity contribution is 5.15. The fourth-order valence-electron chi connectivity index (χ4n) is 0.818. The van der Waals surface area contributed by atoms with Crippen LogP contribution in [-0.4, -0.2) is 7.11 Å². The molecule has 0 N–H and O–H groups in total. The van der Waals surface area contributed by atoms with Gasteiger partial charge in [0.25, 0.3) is 0 Å². The number of hydrogen-bond acceptors (Lipinski definition) is 2. The SMILES string of the molecule is CC#CC(OC)c1ccco1. The average Bonchev–Trinajstić information content (AvgIpc) is 2.52. The van der Waals surface area contributed by atoms with Gasteiger partial charge >= 0.3 is 0 Å². The zero-order valence-corrected chi connectivity index (χ0v) is 6.63. The van der Waals surface area contributed by atoms with Crippen LogP contribution in [-0.2, 0) is 4.74 Å². The average molecular weight is 150 g/mol. The molecular formula is C9H10O2. The number of furan rings is 1. The third-order valence-electron chi connectivity index (χ3n) is 1.31. The van der Waals surface area contributed by atoms with Crippen molar-refractivity contribution in [2.45, 2.75) is 13.0 Å². The lowest BCUT2D eigenvalue weighted by Crippen LogP contribution is -1.95. The molecule has 1 aromatic heterocycles. The van der Waals surface area contributed by atoms with E-state index in [0.29, 0.717) is 0 Å². The van der Waals surface area contributed by atoms with Gasteiger partial charge in [0.2, 0.25) is 0 Å². The molecule has 2 nitrogen and oxygen atoms in total. The lowest BCUT2D eigenvalue weighted by molar-refractivity contribution is 0.130. The summed E-state index contributed by atoms with van der Waals surface area (Å²) in [6.07, 6.45) is 1.38. The molecule has 0 aliphatic rings. The smallest absolute Gasteiger partial charge is 0.175 e. The molecule has 0 bridgehead atoms. The molecule has 1 heterocycles. The first-order chi connectivity index (χ1) is 5.38. The van der Waals surface area contributed by atoms with Crippen molar-refractivity contribution in [1.29, 1.82) is 0 Å². The standard InChI is InChI=1S/C9H10O2/c1-3-5-8(10-2)9-6-4-7-11-9/h4,6-8H,1-2H3. The van der Waals surface area contributed by atoms with Crippen molar-refractivity contribution >= 4 is 0 Å². The minimum absolute atomic E-state index is 0.227. The van der Waals surface area contributed by atoms with Crippen molar-refractivity contribution in [2.75, 3.05) is 7.11 Å². The van der Waals surface area contributed by atoms with E-state index in [1.54, 1.807) is 20.3 Å². The molecule has 58 valence electrons. The maximum atomic E-state index is 5.11. The Hall–Kier alpha value is -1.20. The van der Waals surface area contributed by atoms with Crippen LogP contribution in [0.1, 0.15) is 18.8 Å². The Morgan fingerprint density at radius 2 is 2.45 bits per heavy atom. The van der Waals surface area contributed by atoms with E-state index in [-0.39, 0.29) is 6.10 Å². The monoisotopic (exact) mass is 150 g/mol. The largest absolute Gasteiger partial charge is 0.465 e. The van der Waals surface area contributed by atoms with Gasteiger partial charge in [0.1, 0.15) is 5.76 Å². The van der Waals surface area contributed by atoms with Crippen molar-refractivity contribution in [1.82, 2.24) is 0 Å². The Morgan fingerprint density at radius 1 is 1.64 bits per heavy atom. The normalized spacial score (nSPS) is 11.8. The van der Waals surface area contributed by atoms with Gasteiger partial charge in [-0.2, -0.15) is 0 Å². The highest BCUT2D eigenvalue weighted by Gasteiger charge is 2.07. The second kappa shape index (κ2) is 3.85. The molecule has 11 heavy (non-hydrogen) atoms. The zero-order valence-electron chi connectivity index (χ0n) is 6.63. The number of methoxy groups -OCH3 is 1. The highest BCUT2D eigenvalue weighted by Crippen LogP contribution is 2.15. The zero-order chi connectivity index (χ0) is 8.10. The van der Waals surface area contributed by atoms with Crippen LogP contribution in [0, 0.1) is 11.8 Å². The highest BCUT2D eigenvalue weighted by atomic mass is 16.5. The summed E-state index contributed by atoms with van der Waals surface area (Å²) in [5, 5.41) is 0. The second-order valence-corrected chi connectivity index (χ2v) is 2.03. The maximum absolute atomic E-state index is 5.11. The number of ether oxygens (including phenoxy) is 1. The van der Waals surface area contributed by atoms with E-state index in [1.807, 2.05) is 12.1 Å². The molecular weight excluding hydrogens is 140 g/mol. The van der Waals surface area contributed by atoms with E-state index in [4.69, 9.17) is 9.15 Å². The van der Waals surface area contributed by atoms with Gasteiger partial charge in [0.15, 0.2) is 6.10 Å². The molecule has 1 rings (SSSR count). The third-order valence-corrected chi connectivity index (χ3v) is 1.31. The summed E-state index contributed by atoms with van der Waals surface area (Å²) in [5.41, 5.74) is 0. The lowest BCUT2D eigenvalue weighted by atomic mass is 10.3. The molecule has 0 amide bonds. The lowest BCUT2D eigenvalue weighted by Gasteiger charge is -2.02. The van der Waals surface area contributed by atoms with Crippen LogP contribution >= 0.6 is 0 Å². The summed E-state index contributed by atoms with van der Waals surface area (Å²) in [5.74, 6) is 6.39.